The van der Waals surface area contributed by atoms with Gasteiger partial charge in [-0.1, -0.05) is 24.3 Å². The Morgan fingerprint density at radius 3 is 2.53 bits per heavy atom. The van der Waals surface area contributed by atoms with Gasteiger partial charge < -0.3 is 19.3 Å². The van der Waals surface area contributed by atoms with Crippen molar-refractivity contribution < 1.29 is 19.1 Å². The smallest absolute Gasteiger partial charge is 0.410 e. The molecule has 2 aromatic rings. The van der Waals surface area contributed by atoms with Gasteiger partial charge in [-0.3, -0.25) is 14.6 Å². The second-order valence-electron chi connectivity index (χ2n) is 14.0. The van der Waals surface area contributed by atoms with Gasteiger partial charge in [0.25, 0.3) is 0 Å². The first-order chi connectivity index (χ1) is 20.6. The van der Waals surface area contributed by atoms with E-state index in [4.69, 9.17) is 19.4 Å². The van der Waals surface area contributed by atoms with Gasteiger partial charge in [0.1, 0.15) is 18.0 Å². The van der Waals surface area contributed by atoms with Crippen LogP contribution in [-0.2, 0) is 17.7 Å². The maximum absolute atomic E-state index is 13.1. The van der Waals surface area contributed by atoms with Gasteiger partial charge >= 0.3 is 12.1 Å². The average Bonchev–Trinajstić information content (AvgIpc) is 3.62. The third-order valence-corrected chi connectivity index (χ3v) is 9.95. The monoisotopic (exact) mass is 588 g/mol. The standard InChI is InChI=1S/C33H44N6O4/c1-33(2,3)43-32(41)39-21-11-12-22(39)18-38(17-21)30-26-13-15-37(28-16-29(40)25-10-6-5-9-24(25)28)19-27(26)34-31(35-30)42-20-23-8-7-14-36(23)4/h5-6,9-10,21-23,28H,7-8,11-20H2,1-4H3/t21-,22+,23-,28?/m0/s1. The SMILES string of the molecule is CN1CCC[C@H]1COc1nc2c(c(N3C[C@H]4CC[C@@H](C3)N4C(=O)OC(C)(C)C)n1)CCN(C1CC(=O)c3ccccc31)C2. The maximum Gasteiger partial charge on any atom is 0.410 e. The molecule has 3 fully saturated rings. The van der Waals surface area contributed by atoms with E-state index in [0.717, 1.165) is 74.5 Å². The fourth-order valence-corrected chi connectivity index (χ4v) is 7.81. The van der Waals surface area contributed by atoms with E-state index in [1.165, 1.54) is 12.0 Å². The highest BCUT2D eigenvalue weighted by Crippen LogP contribution is 2.41. The number of fused-ring (bicyclic) bond motifs is 4. The first-order valence-electron chi connectivity index (χ1n) is 16.0. The van der Waals surface area contributed by atoms with Crippen LogP contribution in [0.3, 0.4) is 0 Å². The molecule has 4 atom stereocenters. The van der Waals surface area contributed by atoms with Gasteiger partial charge in [0.2, 0.25) is 0 Å². The lowest BCUT2D eigenvalue weighted by molar-refractivity contribution is 0.0122. The van der Waals surface area contributed by atoms with Crippen LogP contribution in [0.15, 0.2) is 24.3 Å². The molecule has 3 saturated heterocycles. The van der Waals surface area contributed by atoms with E-state index in [-0.39, 0.29) is 30.0 Å². The molecular formula is C33H44N6O4. The van der Waals surface area contributed by atoms with Crippen LogP contribution in [0.2, 0.25) is 0 Å². The zero-order valence-corrected chi connectivity index (χ0v) is 25.9. The van der Waals surface area contributed by atoms with Crippen LogP contribution in [-0.4, -0.2) is 100 Å². The molecule has 5 heterocycles. The van der Waals surface area contributed by atoms with Crippen LogP contribution >= 0.6 is 0 Å². The Hall–Kier alpha value is -3.24. The molecule has 0 saturated carbocycles. The third kappa shape index (κ3) is 5.48. The molecule has 1 amide bonds. The van der Waals surface area contributed by atoms with Gasteiger partial charge in [0.05, 0.1) is 17.8 Å². The first kappa shape index (κ1) is 28.5. The number of carbonyl (C=O) groups is 2. The molecule has 43 heavy (non-hydrogen) atoms. The molecule has 10 nitrogen and oxygen atoms in total. The number of aromatic nitrogens is 2. The normalized spacial score (nSPS) is 27.4. The lowest BCUT2D eigenvalue weighted by atomic mass is 10.00. The molecule has 1 aliphatic carbocycles. The number of hydrogen-bond acceptors (Lipinski definition) is 9. The summed E-state index contributed by atoms with van der Waals surface area (Å²) in [5.74, 6) is 1.17. The Kier molecular flexibility index (Phi) is 7.32. The van der Waals surface area contributed by atoms with Gasteiger partial charge in [-0.15, -0.1) is 0 Å². The molecule has 7 rings (SSSR count). The zero-order chi connectivity index (χ0) is 29.9. The summed E-state index contributed by atoms with van der Waals surface area (Å²) >= 11 is 0. The Bertz CT molecular complexity index is 1390. The minimum Gasteiger partial charge on any atom is -0.462 e. The minimum absolute atomic E-state index is 0.0694. The molecule has 4 aliphatic heterocycles. The van der Waals surface area contributed by atoms with Gasteiger partial charge in [-0.2, -0.15) is 9.97 Å². The van der Waals surface area contributed by atoms with E-state index in [1.54, 1.807) is 0 Å². The van der Waals surface area contributed by atoms with Crippen LogP contribution in [0.4, 0.5) is 10.6 Å². The Morgan fingerprint density at radius 2 is 1.81 bits per heavy atom. The number of nitrogens with zero attached hydrogens (tertiary/aromatic N) is 6. The molecule has 0 spiro atoms. The predicted molar refractivity (Wildman–Crippen MR) is 163 cm³/mol. The molecule has 1 unspecified atom stereocenters. The maximum atomic E-state index is 13.1. The number of hydrogen-bond donors (Lipinski definition) is 0. The second-order valence-corrected chi connectivity index (χ2v) is 14.0. The molecule has 230 valence electrons. The number of benzene rings is 1. The summed E-state index contributed by atoms with van der Waals surface area (Å²) in [4.78, 5) is 45.1. The highest BCUT2D eigenvalue weighted by Gasteiger charge is 2.46. The lowest BCUT2D eigenvalue weighted by Gasteiger charge is -2.43. The van der Waals surface area contributed by atoms with E-state index in [9.17, 15) is 9.59 Å². The molecule has 0 radical (unpaired) electrons. The number of carbonyl (C=O) groups excluding carboxylic acids is 2. The number of ketones is 1. The minimum atomic E-state index is -0.519. The molecule has 1 aromatic carbocycles. The molecule has 0 N–H and O–H groups in total. The summed E-state index contributed by atoms with van der Waals surface area (Å²) in [5, 5.41) is 0. The zero-order valence-electron chi connectivity index (χ0n) is 25.9. The van der Waals surface area contributed by atoms with Crippen molar-refractivity contribution in [1.29, 1.82) is 0 Å². The first-order valence-corrected chi connectivity index (χ1v) is 16.0. The molecule has 10 heteroatoms. The summed E-state index contributed by atoms with van der Waals surface area (Å²) in [5.41, 5.74) is 3.62. The fourth-order valence-electron chi connectivity index (χ4n) is 7.81. The number of ether oxygens (including phenoxy) is 2. The number of likely N-dealkylation sites (tertiary alicyclic amines) is 1. The van der Waals surface area contributed by atoms with Crippen molar-refractivity contribution in [2.75, 3.05) is 44.7 Å². The van der Waals surface area contributed by atoms with Crippen molar-refractivity contribution in [1.82, 2.24) is 24.7 Å². The summed E-state index contributed by atoms with van der Waals surface area (Å²) in [7, 11) is 2.15. The third-order valence-electron chi connectivity index (χ3n) is 9.95. The van der Waals surface area contributed by atoms with E-state index < -0.39 is 5.60 Å². The van der Waals surface area contributed by atoms with Crippen LogP contribution in [0, 0.1) is 0 Å². The topological polar surface area (TPSA) is 91.3 Å². The van der Waals surface area contributed by atoms with Crippen LogP contribution in [0.5, 0.6) is 6.01 Å². The lowest BCUT2D eigenvalue weighted by Crippen LogP contribution is -2.57. The van der Waals surface area contributed by atoms with Crippen molar-refractivity contribution in [2.45, 2.75) is 95.6 Å². The van der Waals surface area contributed by atoms with E-state index in [1.807, 2.05) is 43.9 Å². The van der Waals surface area contributed by atoms with Crippen molar-refractivity contribution in [2.24, 2.45) is 0 Å². The highest BCUT2D eigenvalue weighted by atomic mass is 16.6. The van der Waals surface area contributed by atoms with E-state index >= 15 is 0 Å². The van der Waals surface area contributed by atoms with Crippen LogP contribution < -0.4 is 9.64 Å². The van der Waals surface area contributed by atoms with E-state index in [2.05, 4.69) is 27.8 Å². The second kappa shape index (κ2) is 11.0. The summed E-state index contributed by atoms with van der Waals surface area (Å²) < 4.78 is 12.1. The van der Waals surface area contributed by atoms with Crippen LogP contribution in [0.1, 0.15) is 86.1 Å². The molecule has 2 bridgehead atoms. The number of anilines is 1. The number of Topliss-reactive ketones (excluding diaryl/α,β-unsaturated/α-hetero) is 1. The number of amides is 1. The average molecular weight is 589 g/mol. The predicted octanol–water partition coefficient (Wildman–Crippen LogP) is 4.22. The summed E-state index contributed by atoms with van der Waals surface area (Å²) in [6, 6.07) is 9.08. The van der Waals surface area contributed by atoms with Crippen molar-refractivity contribution in [3.05, 3.63) is 46.6 Å². The number of rotatable bonds is 5. The van der Waals surface area contributed by atoms with Gasteiger partial charge in [0, 0.05) is 55.8 Å². The van der Waals surface area contributed by atoms with Crippen molar-refractivity contribution >= 4 is 17.7 Å². The highest BCUT2D eigenvalue weighted by molar-refractivity contribution is 6.01. The van der Waals surface area contributed by atoms with Crippen LogP contribution in [0.25, 0.3) is 0 Å². The van der Waals surface area contributed by atoms with Gasteiger partial charge in [0.15, 0.2) is 5.78 Å². The van der Waals surface area contributed by atoms with E-state index in [0.29, 0.717) is 31.6 Å². The molecule has 1 aromatic heterocycles. The summed E-state index contributed by atoms with van der Waals surface area (Å²) in [6.07, 6.45) is 5.35. The van der Waals surface area contributed by atoms with Crippen molar-refractivity contribution in [3.63, 3.8) is 0 Å². The largest absolute Gasteiger partial charge is 0.462 e. The number of piperazine rings is 1. The van der Waals surface area contributed by atoms with Crippen molar-refractivity contribution in [3.8, 4) is 6.01 Å². The summed E-state index contributed by atoms with van der Waals surface area (Å²) in [6.45, 7) is 10.4. The fraction of sp³-hybridized carbons (Fsp3) is 0.636. The molecular weight excluding hydrogens is 544 g/mol. The molecule has 5 aliphatic rings. The Morgan fingerprint density at radius 1 is 1.05 bits per heavy atom. The Balaban J connectivity index is 1.16. The van der Waals surface area contributed by atoms with Gasteiger partial charge in [-0.05, 0) is 72.0 Å². The Labute approximate surface area is 254 Å². The van der Waals surface area contributed by atoms with Gasteiger partial charge in [-0.25, -0.2) is 4.79 Å². The number of likely N-dealkylation sites (N-methyl/N-ethyl adjacent to an activating group) is 1. The quantitative estimate of drug-likeness (QED) is 0.509.